The van der Waals surface area contributed by atoms with Gasteiger partial charge in [0.15, 0.2) is 0 Å². The van der Waals surface area contributed by atoms with Gasteiger partial charge in [-0.25, -0.2) is 0 Å². The molecule has 2 aromatic carbocycles. The monoisotopic (exact) mass is 393 g/mol. The van der Waals surface area contributed by atoms with Crippen molar-refractivity contribution in [2.45, 2.75) is 19.1 Å². The van der Waals surface area contributed by atoms with Crippen LogP contribution in [0.2, 0.25) is 0 Å². The average molecular weight is 393 g/mol. The lowest BCUT2D eigenvalue weighted by atomic mass is 10.2. The molecule has 0 spiro atoms. The SMILES string of the molecule is CC(Nc1cccc(N2CCOCC2)c1)C(=O)Nc1cccc(C(F)(F)F)c1. The molecule has 3 rings (SSSR count). The second-order valence-electron chi connectivity index (χ2n) is 6.58. The van der Waals surface area contributed by atoms with Crippen molar-refractivity contribution in [2.24, 2.45) is 0 Å². The molecule has 1 atom stereocenters. The Labute approximate surface area is 161 Å². The van der Waals surface area contributed by atoms with Crippen LogP contribution in [0.25, 0.3) is 0 Å². The lowest BCUT2D eigenvalue weighted by Crippen LogP contribution is -2.36. The normalized spacial score (nSPS) is 15.8. The molecular formula is C20H22F3N3O2. The van der Waals surface area contributed by atoms with Gasteiger partial charge in [0.05, 0.1) is 18.8 Å². The molecule has 0 aromatic heterocycles. The standard InChI is InChI=1S/C20H22F3N3O2/c1-14(19(27)25-16-5-2-4-15(12-16)20(21,22)23)24-17-6-3-7-18(13-17)26-8-10-28-11-9-26/h2-7,12-14,24H,8-11H2,1H3,(H,25,27). The zero-order valence-electron chi connectivity index (χ0n) is 15.4. The Bertz CT molecular complexity index is 820. The van der Waals surface area contributed by atoms with E-state index in [4.69, 9.17) is 4.74 Å². The molecule has 1 aliphatic rings. The second-order valence-corrected chi connectivity index (χ2v) is 6.58. The second kappa shape index (κ2) is 8.52. The topological polar surface area (TPSA) is 53.6 Å². The molecule has 28 heavy (non-hydrogen) atoms. The fourth-order valence-corrected chi connectivity index (χ4v) is 2.95. The summed E-state index contributed by atoms with van der Waals surface area (Å²) >= 11 is 0. The summed E-state index contributed by atoms with van der Waals surface area (Å²) in [4.78, 5) is 14.6. The maximum atomic E-state index is 12.8. The van der Waals surface area contributed by atoms with Crippen LogP contribution in [0.1, 0.15) is 12.5 Å². The van der Waals surface area contributed by atoms with Gasteiger partial charge < -0.3 is 20.3 Å². The Kier molecular flexibility index (Phi) is 6.08. The molecule has 2 N–H and O–H groups in total. The van der Waals surface area contributed by atoms with Crippen LogP contribution in [0.3, 0.4) is 0 Å². The van der Waals surface area contributed by atoms with Gasteiger partial charge in [0.2, 0.25) is 5.91 Å². The molecule has 1 fully saturated rings. The molecule has 0 bridgehead atoms. The van der Waals surface area contributed by atoms with Gasteiger partial charge in [-0.3, -0.25) is 4.79 Å². The van der Waals surface area contributed by atoms with Crippen LogP contribution >= 0.6 is 0 Å². The van der Waals surface area contributed by atoms with Gasteiger partial charge in [0, 0.05) is 30.2 Å². The summed E-state index contributed by atoms with van der Waals surface area (Å²) in [5.41, 5.74) is 1.09. The van der Waals surface area contributed by atoms with E-state index in [-0.39, 0.29) is 5.69 Å². The largest absolute Gasteiger partial charge is 0.416 e. The first kappa shape index (κ1) is 20.0. The number of nitrogens with one attached hydrogen (secondary N) is 2. The summed E-state index contributed by atoms with van der Waals surface area (Å²) in [7, 11) is 0. The predicted octanol–water partition coefficient (Wildman–Crippen LogP) is 3.98. The van der Waals surface area contributed by atoms with E-state index in [2.05, 4.69) is 15.5 Å². The molecule has 1 heterocycles. The first-order valence-electron chi connectivity index (χ1n) is 9.00. The van der Waals surface area contributed by atoms with E-state index in [1.165, 1.54) is 12.1 Å². The Hall–Kier alpha value is -2.74. The summed E-state index contributed by atoms with van der Waals surface area (Å²) in [6, 6.07) is 11.6. The van der Waals surface area contributed by atoms with Crippen molar-refractivity contribution in [3.8, 4) is 0 Å². The number of amides is 1. The van der Waals surface area contributed by atoms with Crippen LogP contribution in [0.4, 0.5) is 30.2 Å². The lowest BCUT2D eigenvalue weighted by Gasteiger charge is -2.29. The zero-order chi connectivity index (χ0) is 20.1. The van der Waals surface area contributed by atoms with Crippen molar-refractivity contribution in [2.75, 3.05) is 41.8 Å². The van der Waals surface area contributed by atoms with Crippen LogP contribution < -0.4 is 15.5 Å². The van der Waals surface area contributed by atoms with Crippen LogP contribution in [-0.4, -0.2) is 38.3 Å². The van der Waals surface area contributed by atoms with E-state index in [0.717, 1.165) is 36.6 Å². The molecule has 1 amide bonds. The van der Waals surface area contributed by atoms with E-state index in [0.29, 0.717) is 13.2 Å². The van der Waals surface area contributed by atoms with Crippen molar-refractivity contribution in [3.05, 3.63) is 54.1 Å². The summed E-state index contributed by atoms with van der Waals surface area (Å²) in [5, 5.41) is 5.62. The third kappa shape index (κ3) is 5.16. The number of carbonyl (C=O) groups excluding carboxylic acids is 1. The fourth-order valence-electron chi connectivity index (χ4n) is 2.95. The van der Waals surface area contributed by atoms with Crippen molar-refractivity contribution >= 4 is 23.0 Å². The Morgan fingerprint density at radius 1 is 1.07 bits per heavy atom. The third-order valence-corrected chi connectivity index (χ3v) is 4.46. The van der Waals surface area contributed by atoms with Crippen molar-refractivity contribution < 1.29 is 22.7 Å². The molecule has 2 aromatic rings. The van der Waals surface area contributed by atoms with E-state index in [9.17, 15) is 18.0 Å². The number of rotatable bonds is 5. The number of ether oxygens (including phenoxy) is 1. The highest BCUT2D eigenvalue weighted by molar-refractivity contribution is 5.96. The van der Waals surface area contributed by atoms with Crippen LogP contribution in [0, 0.1) is 0 Å². The van der Waals surface area contributed by atoms with Gasteiger partial charge in [0.1, 0.15) is 6.04 Å². The molecule has 0 saturated carbocycles. The van der Waals surface area contributed by atoms with Gasteiger partial charge in [-0.1, -0.05) is 12.1 Å². The minimum absolute atomic E-state index is 0.107. The number of anilines is 3. The zero-order valence-corrected chi connectivity index (χ0v) is 15.4. The molecule has 0 aliphatic carbocycles. The molecule has 8 heteroatoms. The highest BCUT2D eigenvalue weighted by Gasteiger charge is 2.30. The fraction of sp³-hybridized carbons (Fsp3) is 0.350. The number of carbonyl (C=O) groups is 1. The summed E-state index contributed by atoms with van der Waals surface area (Å²) < 4.78 is 43.8. The van der Waals surface area contributed by atoms with Crippen LogP contribution in [-0.2, 0) is 15.7 Å². The minimum Gasteiger partial charge on any atom is -0.378 e. The maximum absolute atomic E-state index is 12.8. The molecule has 0 radical (unpaired) electrons. The average Bonchev–Trinajstić information content (AvgIpc) is 2.68. The first-order valence-corrected chi connectivity index (χ1v) is 9.00. The van der Waals surface area contributed by atoms with Crippen molar-refractivity contribution in [1.82, 2.24) is 0 Å². The quantitative estimate of drug-likeness (QED) is 0.807. The molecule has 5 nitrogen and oxygen atoms in total. The van der Waals surface area contributed by atoms with E-state index in [1.54, 1.807) is 6.92 Å². The molecule has 150 valence electrons. The highest BCUT2D eigenvalue weighted by Crippen LogP contribution is 2.30. The maximum Gasteiger partial charge on any atom is 0.416 e. The summed E-state index contributed by atoms with van der Waals surface area (Å²) in [6.07, 6.45) is -4.45. The van der Waals surface area contributed by atoms with Crippen molar-refractivity contribution in [3.63, 3.8) is 0 Å². The molecule has 1 unspecified atom stereocenters. The Morgan fingerprint density at radius 3 is 2.46 bits per heavy atom. The van der Waals surface area contributed by atoms with E-state index in [1.807, 2.05) is 24.3 Å². The highest BCUT2D eigenvalue weighted by atomic mass is 19.4. The number of hydrogen-bond donors (Lipinski definition) is 2. The van der Waals surface area contributed by atoms with Gasteiger partial charge in [-0.2, -0.15) is 13.2 Å². The predicted molar refractivity (Wildman–Crippen MR) is 103 cm³/mol. The third-order valence-electron chi connectivity index (χ3n) is 4.46. The van der Waals surface area contributed by atoms with Gasteiger partial charge >= 0.3 is 6.18 Å². The number of nitrogens with zero attached hydrogens (tertiary/aromatic N) is 1. The van der Waals surface area contributed by atoms with Crippen molar-refractivity contribution in [1.29, 1.82) is 0 Å². The number of halogens is 3. The van der Waals surface area contributed by atoms with Crippen LogP contribution in [0.15, 0.2) is 48.5 Å². The molecular weight excluding hydrogens is 371 g/mol. The number of hydrogen-bond acceptors (Lipinski definition) is 4. The smallest absolute Gasteiger partial charge is 0.378 e. The van der Waals surface area contributed by atoms with Gasteiger partial charge in [0.25, 0.3) is 0 Å². The van der Waals surface area contributed by atoms with E-state index < -0.39 is 23.7 Å². The number of benzene rings is 2. The Balaban J connectivity index is 1.63. The summed E-state index contributed by atoms with van der Waals surface area (Å²) in [6.45, 7) is 4.61. The Morgan fingerprint density at radius 2 is 1.75 bits per heavy atom. The van der Waals surface area contributed by atoms with Gasteiger partial charge in [-0.05, 0) is 43.3 Å². The number of morpholine rings is 1. The van der Waals surface area contributed by atoms with Crippen LogP contribution in [0.5, 0.6) is 0 Å². The van der Waals surface area contributed by atoms with Gasteiger partial charge in [-0.15, -0.1) is 0 Å². The molecule has 1 saturated heterocycles. The molecule has 1 aliphatic heterocycles. The van der Waals surface area contributed by atoms with E-state index >= 15 is 0 Å². The summed E-state index contributed by atoms with van der Waals surface area (Å²) in [5.74, 6) is -0.420. The first-order chi connectivity index (χ1) is 13.3. The lowest BCUT2D eigenvalue weighted by molar-refractivity contribution is -0.137. The minimum atomic E-state index is -4.45. The number of alkyl halides is 3.